The van der Waals surface area contributed by atoms with Gasteiger partial charge in [-0.1, -0.05) is 24.5 Å². The Labute approximate surface area is 108 Å². The Morgan fingerprint density at radius 3 is 2.78 bits per heavy atom. The van der Waals surface area contributed by atoms with Crippen molar-refractivity contribution in [2.45, 2.75) is 64.1 Å². The molecule has 2 N–H and O–H groups in total. The third-order valence-electron chi connectivity index (χ3n) is 3.45. The number of nitrogens with one attached hydrogen (secondary N) is 2. The molecule has 0 spiro atoms. The summed E-state index contributed by atoms with van der Waals surface area (Å²) in [7, 11) is 0. The molecule has 0 bridgehead atoms. The van der Waals surface area contributed by atoms with Gasteiger partial charge in [-0.05, 0) is 26.7 Å². The van der Waals surface area contributed by atoms with Crippen LogP contribution in [0.5, 0.6) is 0 Å². The molecule has 1 aliphatic carbocycles. The molecule has 1 unspecified atom stereocenters. The van der Waals surface area contributed by atoms with Gasteiger partial charge in [-0.15, -0.1) is 10.2 Å². The second-order valence-corrected chi connectivity index (χ2v) is 5.15. The Kier molecular flexibility index (Phi) is 5.07. The highest BCUT2D eigenvalue weighted by Gasteiger charge is 2.17. The van der Waals surface area contributed by atoms with Gasteiger partial charge in [0.25, 0.3) is 0 Å². The van der Waals surface area contributed by atoms with Gasteiger partial charge in [0.05, 0.1) is 6.61 Å². The van der Waals surface area contributed by atoms with E-state index in [0.717, 1.165) is 0 Å². The van der Waals surface area contributed by atoms with Gasteiger partial charge in [0.1, 0.15) is 6.10 Å². The molecule has 2 atom stereocenters. The van der Waals surface area contributed by atoms with Gasteiger partial charge in [-0.2, -0.15) is 5.21 Å². The van der Waals surface area contributed by atoms with Crippen LogP contribution in [0.15, 0.2) is 0 Å². The van der Waals surface area contributed by atoms with Crippen LogP contribution in [0.4, 0.5) is 0 Å². The summed E-state index contributed by atoms with van der Waals surface area (Å²) in [6, 6.07) is 1.03. The highest BCUT2D eigenvalue weighted by molar-refractivity contribution is 4.82. The Balaban J connectivity index is 1.66. The van der Waals surface area contributed by atoms with Crippen molar-refractivity contribution in [3.63, 3.8) is 0 Å². The number of aromatic nitrogens is 4. The molecular weight excluding hydrogens is 230 g/mol. The average molecular weight is 253 g/mol. The summed E-state index contributed by atoms with van der Waals surface area (Å²) in [6.07, 6.45) is 6.57. The monoisotopic (exact) mass is 253 g/mol. The minimum atomic E-state index is -0.112. The lowest BCUT2D eigenvalue weighted by Gasteiger charge is -2.27. The van der Waals surface area contributed by atoms with E-state index in [4.69, 9.17) is 4.74 Å². The minimum Gasteiger partial charge on any atom is -0.369 e. The van der Waals surface area contributed by atoms with Crippen LogP contribution < -0.4 is 5.32 Å². The minimum absolute atomic E-state index is 0.112. The third-order valence-corrected chi connectivity index (χ3v) is 3.45. The normalized spacial score (nSPS) is 20.8. The van der Waals surface area contributed by atoms with E-state index in [1.807, 2.05) is 6.92 Å². The van der Waals surface area contributed by atoms with Crippen molar-refractivity contribution in [2.24, 2.45) is 0 Å². The van der Waals surface area contributed by atoms with Crippen molar-refractivity contribution < 1.29 is 4.74 Å². The van der Waals surface area contributed by atoms with Crippen LogP contribution in [0.3, 0.4) is 0 Å². The summed E-state index contributed by atoms with van der Waals surface area (Å²) in [5.74, 6) is 0.611. The van der Waals surface area contributed by atoms with Crippen molar-refractivity contribution in [1.29, 1.82) is 0 Å². The fraction of sp³-hybridized carbons (Fsp3) is 0.917. The van der Waals surface area contributed by atoms with E-state index in [-0.39, 0.29) is 6.10 Å². The molecule has 102 valence electrons. The standard InChI is InChI=1S/C12H23N5O/c1-9(13-11-6-4-3-5-7-11)8-18-10(2)12-14-16-17-15-12/h9-11,13H,3-8H2,1-2H3,(H,14,15,16,17)/t9?,10-/m1/s1. The van der Waals surface area contributed by atoms with Crippen molar-refractivity contribution in [3.8, 4) is 0 Å². The van der Waals surface area contributed by atoms with Gasteiger partial charge in [0.15, 0.2) is 0 Å². The van der Waals surface area contributed by atoms with Crippen LogP contribution in [0.2, 0.25) is 0 Å². The van der Waals surface area contributed by atoms with Crippen molar-refractivity contribution in [2.75, 3.05) is 6.61 Å². The Bertz CT molecular complexity index is 323. The predicted molar refractivity (Wildman–Crippen MR) is 68.0 cm³/mol. The smallest absolute Gasteiger partial charge is 0.202 e. The zero-order valence-electron chi connectivity index (χ0n) is 11.2. The van der Waals surface area contributed by atoms with Gasteiger partial charge < -0.3 is 10.1 Å². The first-order valence-corrected chi connectivity index (χ1v) is 6.86. The highest BCUT2D eigenvalue weighted by atomic mass is 16.5. The van der Waals surface area contributed by atoms with Crippen LogP contribution in [-0.4, -0.2) is 39.3 Å². The van der Waals surface area contributed by atoms with Crippen LogP contribution >= 0.6 is 0 Å². The first-order valence-electron chi connectivity index (χ1n) is 6.86. The number of aromatic amines is 1. The van der Waals surface area contributed by atoms with Gasteiger partial charge in [-0.25, -0.2) is 0 Å². The van der Waals surface area contributed by atoms with E-state index >= 15 is 0 Å². The Hall–Kier alpha value is -1.01. The van der Waals surface area contributed by atoms with E-state index in [2.05, 4.69) is 32.9 Å². The number of H-pyrrole nitrogens is 1. The van der Waals surface area contributed by atoms with Crippen molar-refractivity contribution in [3.05, 3.63) is 5.82 Å². The molecule has 0 aliphatic heterocycles. The lowest BCUT2D eigenvalue weighted by atomic mass is 9.95. The van der Waals surface area contributed by atoms with E-state index in [0.29, 0.717) is 24.5 Å². The number of hydrogen-bond acceptors (Lipinski definition) is 5. The summed E-state index contributed by atoms with van der Waals surface area (Å²) >= 11 is 0. The molecule has 1 aromatic heterocycles. The quantitative estimate of drug-likeness (QED) is 0.805. The van der Waals surface area contributed by atoms with Crippen LogP contribution in [-0.2, 0) is 4.74 Å². The van der Waals surface area contributed by atoms with Gasteiger partial charge in [0.2, 0.25) is 5.82 Å². The zero-order chi connectivity index (χ0) is 12.8. The van der Waals surface area contributed by atoms with E-state index in [1.165, 1.54) is 32.1 Å². The number of ether oxygens (including phenoxy) is 1. The molecule has 0 radical (unpaired) electrons. The predicted octanol–water partition coefficient (Wildman–Crippen LogP) is 1.59. The topological polar surface area (TPSA) is 75.7 Å². The molecule has 0 aromatic carbocycles. The van der Waals surface area contributed by atoms with Crippen molar-refractivity contribution in [1.82, 2.24) is 25.9 Å². The molecule has 1 heterocycles. The molecule has 6 nitrogen and oxygen atoms in total. The summed E-state index contributed by atoms with van der Waals surface area (Å²) in [5.41, 5.74) is 0. The number of rotatable bonds is 6. The fourth-order valence-corrected chi connectivity index (χ4v) is 2.42. The van der Waals surface area contributed by atoms with Gasteiger partial charge >= 0.3 is 0 Å². The molecule has 6 heteroatoms. The molecule has 0 amide bonds. The first-order chi connectivity index (χ1) is 8.75. The van der Waals surface area contributed by atoms with Crippen LogP contribution in [0.25, 0.3) is 0 Å². The maximum absolute atomic E-state index is 5.74. The lowest BCUT2D eigenvalue weighted by molar-refractivity contribution is 0.0437. The molecule has 1 fully saturated rings. The fourth-order valence-electron chi connectivity index (χ4n) is 2.42. The summed E-state index contributed by atoms with van der Waals surface area (Å²) < 4.78 is 5.74. The maximum Gasteiger partial charge on any atom is 0.202 e. The zero-order valence-corrected chi connectivity index (χ0v) is 11.2. The largest absolute Gasteiger partial charge is 0.369 e. The van der Waals surface area contributed by atoms with E-state index in [9.17, 15) is 0 Å². The summed E-state index contributed by atoms with van der Waals surface area (Å²) in [4.78, 5) is 0. The second kappa shape index (κ2) is 6.80. The van der Waals surface area contributed by atoms with Crippen LogP contribution in [0.1, 0.15) is 57.9 Å². The van der Waals surface area contributed by atoms with Gasteiger partial charge in [-0.3, -0.25) is 0 Å². The molecule has 2 rings (SSSR count). The number of nitrogens with zero attached hydrogens (tertiary/aromatic N) is 3. The Morgan fingerprint density at radius 2 is 2.11 bits per heavy atom. The Morgan fingerprint density at radius 1 is 1.33 bits per heavy atom. The maximum atomic E-state index is 5.74. The third kappa shape index (κ3) is 4.03. The van der Waals surface area contributed by atoms with Gasteiger partial charge in [0, 0.05) is 12.1 Å². The molecule has 1 aromatic rings. The summed E-state index contributed by atoms with van der Waals surface area (Å²) in [6.45, 7) is 4.78. The first kappa shape index (κ1) is 13.4. The molecular formula is C12H23N5O. The number of tetrazole rings is 1. The van der Waals surface area contributed by atoms with E-state index < -0.39 is 0 Å². The molecule has 18 heavy (non-hydrogen) atoms. The second-order valence-electron chi connectivity index (χ2n) is 5.15. The molecule has 1 aliphatic rings. The van der Waals surface area contributed by atoms with Crippen LogP contribution in [0, 0.1) is 0 Å². The lowest BCUT2D eigenvalue weighted by Crippen LogP contribution is -2.40. The SMILES string of the molecule is CC(CO[C@H](C)c1nn[nH]n1)NC1CCCCC1. The summed E-state index contributed by atoms with van der Waals surface area (Å²) in [5, 5.41) is 17.4. The molecule has 0 saturated heterocycles. The number of hydrogen-bond donors (Lipinski definition) is 2. The highest BCUT2D eigenvalue weighted by Crippen LogP contribution is 2.18. The molecule has 1 saturated carbocycles. The van der Waals surface area contributed by atoms with E-state index in [1.54, 1.807) is 0 Å². The van der Waals surface area contributed by atoms with Crippen molar-refractivity contribution >= 4 is 0 Å². The average Bonchev–Trinajstić information content (AvgIpc) is 2.91.